The number of rotatable bonds is 6. The first-order valence-electron chi connectivity index (χ1n) is 10.4. The van der Waals surface area contributed by atoms with Crippen molar-refractivity contribution < 1.29 is 19.9 Å². The zero-order chi connectivity index (χ0) is 21.5. The van der Waals surface area contributed by atoms with Gasteiger partial charge in [0.2, 0.25) is 0 Å². The van der Waals surface area contributed by atoms with E-state index in [1.54, 1.807) is 12.1 Å². The number of benzene rings is 2. The van der Waals surface area contributed by atoms with Gasteiger partial charge in [0.15, 0.2) is 0 Å². The first kappa shape index (κ1) is 21.8. The van der Waals surface area contributed by atoms with Gasteiger partial charge in [0.25, 0.3) is 5.91 Å². The summed E-state index contributed by atoms with van der Waals surface area (Å²) in [6.07, 6.45) is 1.81. The van der Waals surface area contributed by atoms with E-state index in [9.17, 15) is 19.9 Å². The third-order valence-electron chi connectivity index (χ3n) is 5.34. The predicted octanol–water partition coefficient (Wildman–Crippen LogP) is 2.91. The summed E-state index contributed by atoms with van der Waals surface area (Å²) in [4.78, 5) is 25.9. The Labute approximate surface area is 176 Å². The lowest BCUT2D eigenvalue weighted by molar-refractivity contribution is -0.0612. The molecule has 0 bridgehead atoms. The van der Waals surface area contributed by atoms with Crippen LogP contribution in [0.1, 0.15) is 35.7 Å². The number of carbonyl (C=O) groups is 2. The Kier molecular flexibility index (Phi) is 7.43. The maximum atomic E-state index is 12.3. The summed E-state index contributed by atoms with van der Waals surface area (Å²) >= 11 is 0. The molecule has 0 aromatic heterocycles. The minimum absolute atomic E-state index is 0.0287. The minimum Gasteiger partial charge on any atom is -0.391 e. The van der Waals surface area contributed by atoms with Gasteiger partial charge in [-0.05, 0) is 48.1 Å². The summed E-state index contributed by atoms with van der Waals surface area (Å²) in [5.74, 6) is -0.267. The molecule has 7 nitrogen and oxygen atoms in total. The van der Waals surface area contributed by atoms with Gasteiger partial charge < -0.3 is 15.3 Å². The molecule has 3 rings (SSSR count). The number of nitrogens with zero attached hydrogens (tertiary/aromatic N) is 2. The molecule has 1 aliphatic heterocycles. The highest BCUT2D eigenvalue weighted by molar-refractivity contribution is 5.94. The van der Waals surface area contributed by atoms with Crippen LogP contribution in [0.15, 0.2) is 48.5 Å². The Morgan fingerprint density at radius 3 is 2.33 bits per heavy atom. The molecule has 160 valence electrons. The maximum Gasteiger partial charge on any atom is 0.343 e. The number of urea groups is 1. The second kappa shape index (κ2) is 10.2. The van der Waals surface area contributed by atoms with Crippen molar-refractivity contribution in [3.63, 3.8) is 0 Å². The first-order valence-corrected chi connectivity index (χ1v) is 10.4. The normalized spacial score (nSPS) is 16.2. The van der Waals surface area contributed by atoms with Gasteiger partial charge in [0.05, 0.1) is 12.6 Å². The zero-order valence-corrected chi connectivity index (χ0v) is 17.3. The van der Waals surface area contributed by atoms with Crippen LogP contribution >= 0.6 is 0 Å². The van der Waals surface area contributed by atoms with Gasteiger partial charge in [0.1, 0.15) is 0 Å². The zero-order valence-electron chi connectivity index (χ0n) is 17.3. The lowest BCUT2D eigenvalue weighted by atomic mass is 10.0. The average Bonchev–Trinajstić information content (AvgIpc) is 2.78. The number of aryl methyl sites for hydroxylation is 1. The molecule has 1 saturated heterocycles. The van der Waals surface area contributed by atoms with Crippen LogP contribution in [0.2, 0.25) is 0 Å². The van der Waals surface area contributed by atoms with Crippen LogP contribution in [-0.4, -0.2) is 64.5 Å². The molecule has 1 atom stereocenters. The molecule has 2 aromatic carbocycles. The highest BCUT2D eigenvalue weighted by Gasteiger charge is 2.25. The molecule has 0 aliphatic carbocycles. The van der Waals surface area contributed by atoms with E-state index in [0.29, 0.717) is 30.0 Å². The fourth-order valence-corrected chi connectivity index (χ4v) is 3.51. The molecule has 3 amide bonds. The first-order chi connectivity index (χ1) is 14.5. The van der Waals surface area contributed by atoms with Crippen molar-refractivity contribution in [3.8, 4) is 11.1 Å². The number of likely N-dealkylation sites (tertiary alicyclic amines) is 1. The molecular formula is C23H29N3O4. The number of carbonyl (C=O) groups excluding carboxylic acids is 2. The molecule has 0 spiro atoms. The van der Waals surface area contributed by atoms with Gasteiger partial charge in [-0.15, -0.1) is 0 Å². The van der Waals surface area contributed by atoms with E-state index in [-0.39, 0.29) is 25.5 Å². The van der Waals surface area contributed by atoms with Gasteiger partial charge in [-0.2, -0.15) is 0 Å². The van der Waals surface area contributed by atoms with E-state index in [0.717, 1.165) is 17.5 Å². The number of hydroxylamine groups is 2. The maximum absolute atomic E-state index is 12.3. The number of hydrogen-bond donors (Lipinski definition) is 3. The third-order valence-corrected chi connectivity index (χ3v) is 5.34. The molecule has 1 heterocycles. The fourth-order valence-electron chi connectivity index (χ4n) is 3.51. The van der Waals surface area contributed by atoms with Gasteiger partial charge in [-0.1, -0.05) is 43.3 Å². The van der Waals surface area contributed by atoms with Crippen molar-refractivity contribution in [1.29, 1.82) is 0 Å². The number of nitrogens with one attached hydrogen (secondary N) is 1. The summed E-state index contributed by atoms with van der Waals surface area (Å²) in [6, 6.07) is 15.1. The van der Waals surface area contributed by atoms with Crippen LogP contribution in [0.4, 0.5) is 4.79 Å². The monoisotopic (exact) mass is 411 g/mol. The lowest BCUT2D eigenvalue weighted by Gasteiger charge is -2.32. The molecule has 1 fully saturated rings. The average molecular weight is 412 g/mol. The van der Waals surface area contributed by atoms with Gasteiger partial charge in [-0.3, -0.25) is 10.0 Å². The summed E-state index contributed by atoms with van der Waals surface area (Å²) < 4.78 is 0. The fraction of sp³-hybridized carbons (Fsp3) is 0.391. The number of piperidine rings is 1. The molecule has 0 saturated carbocycles. The van der Waals surface area contributed by atoms with Crippen LogP contribution in [0.25, 0.3) is 11.1 Å². The van der Waals surface area contributed by atoms with E-state index in [1.807, 2.05) is 12.1 Å². The minimum atomic E-state index is -0.554. The second-order valence-corrected chi connectivity index (χ2v) is 7.53. The number of aliphatic hydroxyl groups excluding tert-OH is 1. The smallest absolute Gasteiger partial charge is 0.343 e. The Balaban J connectivity index is 1.48. The molecule has 2 aromatic rings. The number of aliphatic hydroxyl groups is 1. The summed E-state index contributed by atoms with van der Waals surface area (Å²) in [6.45, 7) is 2.94. The Morgan fingerprint density at radius 1 is 1.10 bits per heavy atom. The number of amides is 3. The van der Waals surface area contributed by atoms with E-state index >= 15 is 0 Å². The predicted molar refractivity (Wildman–Crippen MR) is 114 cm³/mol. The molecule has 30 heavy (non-hydrogen) atoms. The van der Waals surface area contributed by atoms with E-state index in [4.69, 9.17) is 0 Å². The SMILES string of the molecule is CCc1ccc(-c2ccc(C(=O)NCCN(O)C(=O)N3CCCC(O)C3)cc2)cc1. The topological polar surface area (TPSA) is 93.1 Å². The van der Waals surface area contributed by atoms with Crippen LogP contribution in [0.5, 0.6) is 0 Å². The van der Waals surface area contributed by atoms with Crippen LogP contribution in [0, 0.1) is 0 Å². The van der Waals surface area contributed by atoms with Crippen molar-refractivity contribution in [1.82, 2.24) is 15.3 Å². The van der Waals surface area contributed by atoms with Gasteiger partial charge in [-0.25, -0.2) is 9.86 Å². The second-order valence-electron chi connectivity index (χ2n) is 7.53. The highest BCUT2D eigenvalue weighted by Crippen LogP contribution is 2.20. The lowest BCUT2D eigenvalue weighted by Crippen LogP contribution is -2.49. The standard InChI is InChI=1S/C23H29N3O4/c1-2-17-5-7-18(8-6-17)19-9-11-20(12-10-19)22(28)24-13-15-26(30)23(29)25-14-3-4-21(27)16-25/h5-12,21,27,30H,2-4,13-16H2,1H3,(H,24,28). The third kappa shape index (κ3) is 5.58. The molecule has 0 radical (unpaired) electrons. The van der Waals surface area contributed by atoms with Crippen molar-refractivity contribution >= 4 is 11.9 Å². The summed E-state index contributed by atoms with van der Waals surface area (Å²) in [5.41, 5.74) is 3.92. The Morgan fingerprint density at radius 2 is 1.73 bits per heavy atom. The molecule has 1 unspecified atom stereocenters. The van der Waals surface area contributed by atoms with Crippen molar-refractivity contribution in [2.24, 2.45) is 0 Å². The summed E-state index contributed by atoms with van der Waals surface area (Å²) in [7, 11) is 0. The molecule has 7 heteroatoms. The van der Waals surface area contributed by atoms with Crippen molar-refractivity contribution in [3.05, 3.63) is 59.7 Å². The Bertz CT molecular complexity index is 852. The van der Waals surface area contributed by atoms with E-state index in [1.165, 1.54) is 10.5 Å². The Hall–Kier alpha value is -2.90. The van der Waals surface area contributed by atoms with Gasteiger partial charge >= 0.3 is 6.03 Å². The number of hydrogen-bond acceptors (Lipinski definition) is 4. The van der Waals surface area contributed by atoms with E-state index in [2.05, 4.69) is 36.5 Å². The highest BCUT2D eigenvalue weighted by atomic mass is 16.5. The largest absolute Gasteiger partial charge is 0.391 e. The molecule has 1 aliphatic rings. The van der Waals surface area contributed by atoms with Crippen molar-refractivity contribution in [2.45, 2.75) is 32.3 Å². The van der Waals surface area contributed by atoms with Crippen LogP contribution in [-0.2, 0) is 6.42 Å². The number of β-amino-alcohol motifs (C(OH)–C–C–N with tert-alkyl or cyclic N) is 1. The van der Waals surface area contributed by atoms with Crippen molar-refractivity contribution in [2.75, 3.05) is 26.2 Å². The van der Waals surface area contributed by atoms with Crippen LogP contribution in [0.3, 0.4) is 0 Å². The van der Waals surface area contributed by atoms with Gasteiger partial charge in [0, 0.05) is 25.2 Å². The molecular weight excluding hydrogens is 382 g/mol. The quantitative estimate of drug-likeness (QED) is 0.503. The van der Waals surface area contributed by atoms with E-state index < -0.39 is 12.1 Å². The molecule has 3 N–H and O–H groups in total. The van der Waals surface area contributed by atoms with Crippen LogP contribution < -0.4 is 5.32 Å². The summed E-state index contributed by atoms with van der Waals surface area (Å²) in [5, 5.41) is 22.9.